The lowest BCUT2D eigenvalue weighted by atomic mass is 10.1. The molecule has 0 aromatic carbocycles. The molecule has 0 unspecified atom stereocenters. The standard InChI is InChI=1S/C10H14O6/c1-2-14-9(12)5-3-4-7-8(6-11)16-10(13)15-7/h6-8H,2-5H2,1H3/t7-,8+/m0/s1. The van der Waals surface area contributed by atoms with Crippen LogP contribution in [-0.2, 0) is 23.8 Å². The first kappa shape index (κ1) is 12.5. The van der Waals surface area contributed by atoms with Crippen LogP contribution in [-0.4, -0.2) is 37.2 Å². The Balaban J connectivity index is 2.24. The Hall–Kier alpha value is -1.59. The summed E-state index contributed by atoms with van der Waals surface area (Å²) in [5.74, 6) is -0.296. The first-order valence-corrected chi connectivity index (χ1v) is 5.15. The molecule has 1 aliphatic rings. The van der Waals surface area contributed by atoms with Crippen LogP contribution in [0.15, 0.2) is 0 Å². The fourth-order valence-electron chi connectivity index (χ4n) is 1.42. The van der Waals surface area contributed by atoms with Crippen LogP contribution in [0.1, 0.15) is 26.2 Å². The van der Waals surface area contributed by atoms with Gasteiger partial charge in [0.25, 0.3) is 0 Å². The van der Waals surface area contributed by atoms with E-state index in [1.165, 1.54) is 0 Å². The van der Waals surface area contributed by atoms with Crippen LogP contribution >= 0.6 is 0 Å². The Morgan fingerprint density at radius 3 is 2.88 bits per heavy atom. The Morgan fingerprint density at radius 1 is 1.50 bits per heavy atom. The van der Waals surface area contributed by atoms with Gasteiger partial charge in [0.15, 0.2) is 12.4 Å². The Bertz CT molecular complexity index is 274. The highest BCUT2D eigenvalue weighted by molar-refractivity contribution is 5.71. The number of aldehydes is 1. The van der Waals surface area contributed by atoms with Crippen molar-refractivity contribution < 1.29 is 28.6 Å². The minimum Gasteiger partial charge on any atom is -0.466 e. The molecular formula is C10H14O6. The summed E-state index contributed by atoms with van der Waals surface area (Å²) in [6.07, 6.45) is -0.599. The van der Waals surface area contributed by atoms with E-state index in [2.05, 4.69) is 4.74 Å². The highest BCUT2D eigenvalue weighted by Crippen LogP contribution is 2.18. The van der Waals surface area contributed by atoms with E-state index in [4.69, 9.17) is 9.47 Å². The van der Waals surface area contributed by atoms with Crippen molar-refractivity contribution in [3.05, 3.63) is 0 Å². The number of hydrogen-bond donors (Lipinski definition) is 0. The summed E-state index contributed by atoms with van der Waals surface area (Å²) in [7, 11) is 0. The smallest absolute Gasteiger partial charge is 0.466 e. The molecule has 0 saturated carbocycles. The molecule has 0 N–H and O–H groups in total. The third-order valence-corrected chi connectivity index (χ3v) is 2.16. The number of carbonyl (C=O) groups is 3. The topological polar surface area (TPSA) is 78.9 Å². The molecule has 90 valence electrons. The molecule has 0 aliphatic carbocycles. The van der Waals surface area contributed by atoms with Crippen molar-refractivity contribution in [2.45, 2.75) is 38.4 Å². The Kier molecular flexibility index (Phi) is 4.75. The summed E-state index contributed by atoms with van der Waals surface area (Å²) in [6, 6.07) is 0. The monoisotopic (exact) mass is 230 g/mol. The maximum atomic E-state index is 11.0. The zero-order valence-corrected chi connectivity index (χ0v) is 9.01. The van der Waals surface area contributed by atoms with Crippen LogP contribution in [0.3, 0.4) is 0 Å². The fourth-order valence-corrected chi connectivity index (χ4v) is 1.42. The van der Waals surface area contributed by atoms with Crippen LogP contribution in [0.4, 0.5) is 4.79 Å². The van der Waals surface area contributed by atoms with Crippen molar-refractivity contribution in [2.75, 3.05) is 6.61 Å². The highest BCUT2D eigenvalue weighted by atomic mass is 16.8. The van der Waals surface area contributed by atoms with Gasteiger partial charge in [-0.2, -0.15) is 0 Å². The second-order valence-corrected chi connectivity index (χ2v) is 3.32. The fraction of sp³-hybridized carbons (Fsp3) is 0.700. The van der Waals surface area contributed by atoms with Gasteiger partial charge in [0.2, 0.25) is 0 Å². The molecule has 6 heteroatoms. The van der Waals surface area contributed by atoms with Crippen LogP contribution in [0.25, 0.3) is 0 Å². The van der Waals surface area contributed by atoms with Gasteiger partial charge in [0, 0.05) is 6.42 Å². The lowest BCUT2D eigenvalue weighted by Crippen LogP contribution is -2.24. The first-order valence-electron chi connectivity index (χ1n) is 5.15. The number of cyclic esters (lactones) is 2. The van der Waals surface area contributed by atoms with E-state index >= 15 is 0 Å². The van der Waals surface area contributed by atoms with E-state index < -0.39 is 18.4 Å². The van der Waals surface area contributed by atoms with Gasteiger partial charge < -0.3 is 14.2 Å². The second-order valence-electron chi connectivity index (χ2n) is 3.32. The zero-order chi connectivity index (χ0) is 12.0. The lowest BCUT2D eigenvalue weighted by Gasteiger charge is -2.09. The average molecular weight is 230 g/mol. The van der Waals surface area contributed by atoms with Gasteiger partial charge in [-0.05, 0) is 19.8 Å². The van der Waals surface area contributed by atoms with Crippen molar-refractivity contribution in [1.82, 2.24) is 0 Å². The largest absolute Gasteiger partial charge is 0.509 e. The van der Waals surface area contributed by atoms with Gasteiger partial charge in [-0.15, -0.1) is 0 Å². The van der Waals surface area contributed by atoms with E-state index in [9.17, 15) is 14.4 Å². The second kappa shape index (κ2) is 6.09. The minimum atomic E-state index is -0.852. The molecule has 6 nitrogen and oxygen atoms in total. The van der Waals surface area contributed by atoms with E-state index in [1.807, 2.05) is 0 Å². The molecule has 1 heterocycles. The third kappa shape index (κ3) is 3.52. The van der Waals surface area contributed by atoms with E-state index in [0.717, 1.165) is 0 Å². The van der Waals surface area contributed by atoms with Gasteiger partial charge in [0.1, 0.15) is 6.10 Å². The van der Waals surface area contributed by atoms with Gasteiger partial charge in [-0.25, -0.2) is 4.79 Å². The minimum absolute atomic E-state index is 0.244. The number of rotatable bonds is 6. The quantitative estimate of drug-likeness (QED) is 0.496. The molecule has 1 aliphatic heterocycles. The Morgan fingerprint density at radius 2 is 2.25 bits per heavy atom. The number of hydrogen-bond acceptors (Lipinski definition) is 6. The lowest BCUT2D eigenvalue weighted by molar-refractivity contribution is -0.143. The van der Waals surface area contributed by atoms with Crippen molar-refractivity contribution in [3.63, 3.8) is 0 Å². The molecular weight excluding hydrogens is 216 g/mol. The SMILES string of the molecule is CCOC(=O)CCC[C@@H]1OC(=O)O[C@@H]1C=O. The maximum absolute atomic E-state index is 11.0. The molecule has 0 aromatic heterocycles. The van der Waals surface area contributed by atoms with Crippen molar-refractivity contribution in [3.8, 4) is 0 Å². The summed E-state index contributed by atoms with van der Waals surface area (Å²) < 4.78 is 14.1. The van der Waals surface area contributed by atoms with E-state index in [1.54, 1.807) is 6.92 Å². The third-order valence-electron chi connectivity index (χ3n) is 2.16. The summed E-state index contributed by atoms with van der Waals surface area (Å²) in [6.45, 7) is 2.07. The number of ether oxygens (including phenoxy) is 3. The normalized spacial score (nSPS) is 23.4. The van der Waals surface area contributed by atoms with Crippen LogP contribution < -0.4 is 0 Å². The molecule has 0 radical (unpaired) electrons. The first-order chi connectivity index (χ1) is 7.67. The van der Waals surface area contributed by atoms with Gasteiger partial charge in [-0.1, -0.05) is 0 Å². The highest BCUT2D eigenvalue weighted by Gasteiger charge is 2.35. The molecule has 0 amide bonds. The molecule has 0 aromatic rings. The van der Waals surface area contributed by atoms with Crippen LogP contribution in [0, 0.1) is 0 Å². The number of carbonyl (C=O) groups excluding carboxylic acids is 3. The number of esters is 1. The predicted molar refractivity (Wildman–Crippen MR) is 51.7 cm³/mol. The summed E-state index contributed by atoms with van der Waals surface area (Å²) >= 11 is 0. The van der Waals surface area contributed by atoms with Crippen molar-refractivity contribution >= 4 is 18.4 Å². The van der Waals surface area contributed by atoms with Crippen LogP contribution in [0.2, 0.25) is 0 Å². The molecule has 2 atom stereocenters. The van der Waals surface area contributed by atoms with Gasteiger partial charge >= 0.3 is 12.1 Å². The van der Waals surface area contributed by atoms with Gasteiger partial charge in [-0.3, -0.25) is 9.59 Å². The Labute approximate surface area is 92.8 Å². The summed E-state index contributed by atoms with van der Waals surface area (Å²) in [5, 5.41) is 0. The van der Waals surface area contributed by atoms with E-state index in [0.29, 0.717) is 25.7 Å². The maximum Gasteiger partial charge on any atom is 0.509 e. The molecule has 0 spiro atoms. The molecule has 0 bridgehead atoms. The average Bonchev–Trinajstić information content (AvgIpc) is 2.59. The molecule has 1 fully saturated rings. The van der Waals surface area contributed by atoms with Crippen molar-refractivity contribution in [1.29, 1.82) is 0 Å². The summed E-state index contributed by atoms with van der Waals surface area (Å²) in [5.41, 5.74) is 0. The van der Waals surface area contributed by atoms with Gasteiger partial charge in [0.05, 0.1) is 6.61 Å². The zero-order valence-electron chi connectivity index (χ0n) is 9.01. The molecule has 1 rings (SSSR count). The molecule has 1 saturated heterocycles. The van der Waals surface area contributed by atoms with E-state index in [-0.39, 0.29) is 12.4 Å². The molecule has 16 heavy (non-hydrogen) atoms. The van der Waals surface area contributed by atoms with Crippen LogP contribution in [0.5, 0.6) is 0 Å². The summed E-state index contributed by atoms with van der Waals surface area (Å²) in [4.78, 5) is 32.2. The van der Waals surface area contributed by atoms with Crippen molar-refractivity contribution in [2.24, 2.45) is 0 Å². The predicted octanol–water partition coefficient (Wildman–Crippen LogP) is 0.823.